The van der Waals surface area contributed by atoms with Gasteiger partial charge in [-0.2, -0.15) is 0 Å². The Balaban J connectivity index is 0.00000364. The van der Waals surface area contributed by atoms with E-state index in [1.807, 2.05) is 45.9 Å². The molecular weight excluding hydrogens is 457 g/mol. The molecule has 0 atom stereocenters. The molecule has 0 unspecified atom stereocenters. The van der Waals surface area contributed by atoms with Crippen molar-refractivity contribution in [2.75, 3.05) is 19.6 Å². The summed E-state index contributed by atoms with van der Waals surface area (Å²) in [7, 11) is 0. The van der Waals surface area contributed by atoms with E-state index in [9.17, 15) is 4.79 Å². The third-order valence-electron chi connectivity index (χ3n) is 3.42. The van der Waals surface area contributed by atoms with Crippen LogP contribution >= 0.6 is 24.0 Å². The normalized spacial score (nSPS) is 11.6. The quantitative estimate of drug-likeness (QED) is 0.218. The van der Waals surface area contributed by atoms with Gasteiger partial charge in [0.15, 0.2) is 5.96 Å². The van der Waals surface area contributed by atoms with Crippen molar-refractivity contribution in [3.05, 3.63) is 36.0 Å². The summed E-state index contributed by atoms with van der Waals surface area (Å²) in [4.78, 5) is 19.5. The number of aromatic amines is 1. The summed E-state index contributed by atoms with van der Waals surface area (Å²) < 4.78 is 5.20. The van der Waals surface area contributed by atoms with Crippen LogP contribution in [0.1, 0.15) is 33.4 Å². The van der Waals surface area contributed by atoms with Crippen molar-refractivity contribution in [1.29, 1.82) is 0 Å². The largest absolute Gasteiger partial charge is 0.444 e. The maximum atomic E-state index is 11.6. The highest BCUT2D eigenvalue weighted by molar-refractivity contribution is 14.0. The number of nitrogens with one attached hydrogen (secondary N) is 4. The summed E-state index contributed by atoms with van der Waals surface area (Å²) in [5.41, 5.74) is 1.67. The maximum Gasteiger partial charge on any atom is 0.407 e. The average molecular weight is 487 g/mol. The number of carbonyl (C=O) groups is 1. The lowest BCUT2D eigenvalue weighted by atomic mass is 10.2. The van der Waals surface area contributed by atoms with Gasteiger partial charge in [0.1, 0.15) is 5.60 Å². The minimum Gasteiger partial charge on any atom is -0.444 e. The number of benzene rings is 1. The molecular formula is C19H30IN5O2. The molecule has 1 heterocycles. The average Bonchev–Trinajstić information content (AvgIpc) is 2.97. The monoisotopic (exact) mass is 487 g/mol. The predicted octanol–water partition coefficient (Wildman–Crippen LogP) is 3.37. The van der Waals surface area contributed by atoms with E-state index in [0.717, 1.165) is 17.8 Å². The molecule has 0 saturated heterocycles. The van der Waals surface area contributed by atoms with Gasteiger partial charge in [-0.15, -0.1) is 24.0 Å². The summed E-state index contributed by atoms with van der Waals surface area (Å²) in [6, 6.07) is 10.3. The second-order valence-electron chi connectivity index (χ2n) is 6.93. The van der Waals surface area contributed by atoms with Gasteiger partial charge < -0.3 is 25.7 Å². The Kier molecular flexibility index (Phi) is 9.40. The smallest absolute Gasteiger partial charge is 0.407 e. The van der Waals surface area contributed by atoms with E-state index < -0.39 is 11.7 Å². The van der Waals surface area contributed by atoms with Crippen LogP contribution in [0.4, 0.5) is 4.79 Å². The van der Waals surface area contributed by atoms with Gasteiger partial charge in [0, 0.05) is 30.8 Å². The molecule has 0 saturated carbocycles. The van der Waals surface area contributed by atoms with Gasteiger partial charge in [-0.3, -0.25) is 0 Å². The maximum absolute atomic E-state index is 11.6. The van der Waals surface area contributed by atoms with Crippen LogP contribution in [0, 0.1) is 0 Å². The summed E-state index contributed by atoms with van der Waals surface area (Å²) in [6.07, 6.45) is -0.417. The Morgan fingerprint density at radius 3 is 2.52 bits per heavy atom. The molecule has 7 nitrogen and oxygen atoms in total. The van der Waals surface area contributed by atoms with Gasteiger partial charge in [-0.1, -0.05) is 18.2 Å². The molecule has 1 amide bonds. The summed E-state index contributed by atoms with van der Waals surface area (Å²) in [6.45, 7) is 9.84. The van der Waals surface area contributed by atoms with Crippen molar-refractivity contribution in [2.24, 2.45) is 4.99 Å². The topological polar surface area (TPSA) is 90.5 Å². The number of amides is 1. The summed E-state index contributed by atoms with van der Waals surface area (Å²) in [5, 5.41) is 10.3. The van der Waals surface area contributed by atoms with Crippen LogP contribution in [0.25, 0.3) is 10.9 Å². The second kappa shape index (κ2) is 11.0. The fourth-order valence-corrected chi connectivity index (χ4v) is 2.38. The third-order valence-corrected chi connectivity index (χ3v) is 3.42. The minimum atomic E-state index is -0.493. The lowest BCUT2D eigenvalue weighted by molar-refractivity contribution is 0.0529. The molecule has 0 bridgehead atoms. The van der Waals surface area contributed by atoms with Crippen molar-refractivity contribution in [3.8, 4) is 0 Å². The first-order valence-corrected chi connectivity index (χ1v) is 8.93. The number of para-hydroxylation sites is 1. The van der Waals surface area contributed by atoms with Crippen molar-refractivity contribution in [2.45, 2.75) is 39.8 Å². The first kappa shape index (κ1) is 23.1. The Morgan fingerprint density at radius 2 is 1.85 bits per heavy atom. The van der Waals surface area contributed by atoms with Crippen LogP contribution in [0.15, 0.2) is 35.3 Å². The molecule has 0 aliphatic rings. The zero-order chi connectivity index (χ0) is 19.0. The molecule has 0 fully saturated rings. The number of aromatic nitrogens is 1. The number of guanidine groups is 1. The standard InChI is InChI=1S/C19H29N5O2.HI/c1-5-20-17(21-10-11-22-18(25)26-19(2,3)4)23-13-15-12-14-8-6-7-9-16(14)24-15;/h6-9,12,24H,5,10-11,13H2,1-4H3,(H,22,25)(H2,20,21,23);1H. The number of alkyl carbamates (subject to hydrolysis) is 1. The van der Waals surface area contributed by atoms with Crippen molar-refractivity contribution in [1.82, 2.24) is 20.9 Å². The van der Waals surface area contributed by atoms with Crippen molar-refractivity contribution >= 4 is 46.9 Å². The molecule has 1 aromatic carbocycles. The molecule has 150 valence electrons. The molecule has 8 heteroatoms. The highest BCUT2D eigenvalue weighted by atomic mass is 127. The number of hydrogen-bond acceptors (Lipinski definition) is 3. The Labute approximate surface area is 177 Å². The molecule has 2 aromatic rings. The van der Waals surface area contributed by atoms with Gasteiger partial charge in [-0.05, 0) is 45.2 Å². The third kappa shape index (κ3) is 8.51. The first-order valence-electron chi connectivity index (χ1n) is 8.93. The van der Waals surface area contributed by atoms with Crippen molar-refractivity contribution in [3.63, 3.8) is 0 Å². The number of carbonyl (C=O) groups excluding carboxylic acids is 1. The van der Waals surface area contributed by atoms with E-state index in [4.69, 9.17) is 4.74 Å². The number of aliphatic imine (C=N–C) groups is 1. The van der Waals surface area contributed by atoms with Gasteiger partial charge in [0.25, 0.3) is 0 Å². The van der Waals surface area contributed by atoms with E-state index in [0.29, 0.717) is 25.6 Å². The SMILES string of the molecule is CCNC(=NCc1cc2ccccc2[nH]1)NCCNC(=O)OC(C)(C)C.I. The van der Waals surface area contributed by atoms with E-state index in [2.05, 4.69) is 38.1 Å². The Hall–Kier alpha value is -1.97. The van der Waals surface area contributed by atoms with Crippen LogP contribution in [0.3, 0.4) is 0 Å². The summed E-state index contributed by atoms with van der Waals surface area (Å²) in [5.74, 6) is 0.706. The van der Waals surface area contributed by atoms with E-state index in [1.165, 1.54) is 5.39 Å². The van der Waals surface area contributed by atoms with Gasteiger partial charge >= 0.3 is 6.09 Å². The van der Waals surface area contributed by atoms with Crippen LogP contribution in [-0.2, 0) is 11.3 Å². The van der Waals surface area contributed by atoms with Gasteiger partial charge in [0.05, 0.1) is 6.54 Å². The zero-order valence-electron chi connectivity index (χ0n) is 16.4. The zero-order valence-corrected chi connectivity index (χ0v) is 18.7. The second-order valence-corrected chi connectivity index (χ2v) is 6.93. The van der Waals surface area contributed by atoms with Crippen LogP contribution < -0.4 is 16.0 Å². The molecule has 4 N–H and O–H groups in total. The highest BCUT2D eigenvalue weighted by Gasteiger charge is 2.15. The first-order chi connectivity index (χ1) is 12.4. The molecule has 0 radical (unpaired) electrons. The molecule has 0 aliphatic heterocycles. The number of ether oxygens (including phenoxy) is 1. The van der Waals surface area contributed by atoms with Crippen molar-refractivity contribution < 1.29 is 9.53 Å². The molecule has 1 aromatic heterocycles. The fraction of sp³-hybridized carbons (Fsp3) is 0.474. The van der Waals surface area contributed by atoms with Gasteiger partial charge in [0.2, 0.25) is 0 Å². The number of hydrogen-bond donors (Lipinski definition) is 4. The molecule has 27 heavy (non-hydrogen) atoms. The lowest BCUT2D eigenvalue weighted by Crippen LogP contribution is -2.42. The molecule has 0 aliphatic carbocycles. The minimum absolute atomic E-state index is 0. The molecule has 2 rings (SSSR count). The number of H-pyrrole nitrogens is 1. The number of fused-ring (bicyclic) bond motifs is 1. The van der Waals surface area contributed by atoms with Crippen LogP contribution in [-0.4, -0.2) is 42.3 Å². The number of rotatable bonds is 6. The van der Waals surface area contributed by atoms with E-state index >= 15 is 0 Å². The van der Waals surface area contributed by atoms with E-state index in [-0.39, 0.29) is 24.0 Å². The Bertz CT molecular complexity index is 719. The Morgan fingerprint density at radius 1 is 1.15 bits per heavy atom. The van der Waals surface area contributed by atoms with Crippen LogP contribution in [0.2, 0.25) is 0 Å². The number of nitrogens with zero attached hydrogens (tertiary/aromatic N) is 1. The summed E-state index contributed by atoms with van der Waals surface area (Å²) >= 11 is 0. The van der Waals surface area contributed by atoms with Crippen LogP contribution in [0.5, 0.6) is 0 Å². The molecule has 0 spiro atoms. The number of halogens is 1. The van der Waals surface area contributed by atoms with Gasteiger partial charge in [-0.25, -0.2) is 9.79 Å². The predicted molar refractivity (Wildman–Crippen MR) is 121 cm³/mol. The highest BCUT2D eigenvalue weighted by Crippen LogP contribution is 2.15. The fourth-order valence-electron chi connectivity index (χ4n) is 2.38. The van der Waals surface area contributed by atoms with E-state index in [1.54, 1.807) is 0 Å². The lowest BCUT2D eigenvalue weighted by Gasteiger charge is -2.19.